The fourth-order valence-corrected chi connectivity index (χ4v) is 6.41. The van der Waals surface area contributed by atoms with E-state index < -0.39 is 50.3 Å². The van der Waals surface area contributed by atoms with Gasteiger partial charge in [-0.2, -0.15) is 39.5 Å². The maximum Gasteiger partial charge on any atom is 0.437 e. The molecule has 0 fully saturated rings. The first-order valence-electron chi connectivity index (χ1n) is 13.2. The number of halogens is 9. The number of rotatable bonds is 8. The molecule has 5 aromatic rings. The van der Waals surface area contributed by atoms with Crippen LogP contribution in [-0.4, -0.2) is 24.2 Å². The van der Waals surface area contributed by atoms with Crippen LogP contribution >= 0.6 is 0 Å². The summed E-state index contributed by atoms with van der Waals surface area (Å²) in [6.45, 7) is 1.67. The van der Waals surface area contributed by atoms with Crippen molar-refractivity contribution in [3.8, 4) is 5.75 Å². The lowest BCUT2D eigenvalue weighted by molar-refractivity contribution is -0.143. The molecule has 0 aliphatic carbocycles. The van der Waals surface area contributed by atoms with Gasteiger partial charge in [-0.3, -0.25) is 0 Å². The predicted molar refractivity (Wildman–Crippen MR) is 143 cm³/mol. The van der Waals surface area contributed by atoms with Crippen LogP contribution in [-0.2, 0) is 41.4 Å². The molecule has 2 aromatic heterocycles. The quantitative estimate of drug-likeness (QED) is 0.155. The summed E-state index contributed by atoms with van der Waals surface area (Å²) in [6.07, 6.45) is -13.4. The third-order valence-corrected chi connectivity index (χ3v) is 8.63. The van der Waals surface area contributed by atoms with Gasteiger partial charge in [-0.1, -0.05) is 36.7 Å². The Hall–Kier alpha value is -4.21. The first-order chi connectivity index (χ1) is 20.9. The SMILES string of the molecule is CCCc1c(OCCc2cn(S(=O)(=O)c3cc(C(F)(F)F)cc(C(F)(F)F)c3)c3ccccc23)ccc2c(C(F)(F)F)noc12. The minimum absolute atomic E-state index is 0.00657. The third-order valence-electron chi connectivity index (χ3n) is 6.98. The predicted octanol–water partition coefficient (Wildman–Crippen LogP) is 8.65. The number of hydrogen-bond acceptors (Lipinski definition) is 5. The van der Waals surface area contributed by atoms with Gasteiger partial charge in [0, 0.05) is 23.6 Å². The zero-order valence-electron chi connectivity index (χ0n) is 22.9. The molecular formula is C29H21F9N2O4S. The van der Waals surface area contributed by atoms with E-state index in [-0.39, 0.29) is 59.9 Å². The second-order valence-corrected chi connectivity index (χ2v) is 11.8. The summed E-state index contributed by atoms with van der Waals surface area (Å²) in [6, 6.07) is 8.47. The van der Waals surface area contributed by atoms with Crippen LogP contribution in [0.2, 0.25) is 0 Å². The Morgan fingerprint density at radius 1 is 0.822 bits per heavy atom. The van der Waals surface area contributed by atoms with Crippen molar-refractivity contribution in [3.63, 3.8) is 0 Å². The molecule has 0 spiro atoms. The normalized spacial score (nSPS) is 13.2. The number of aryl methyl sites for hydroxylation is 1. The average Bonchev–Trinajstić information content (AvgIpc) is 3.56. The lowest BCUT2D eigenvalue weighted by Gasteiger charge is -2.15. The van der Waals surface area contributed by atoms with E-state index in [2.05, 4.69) is 5.16 Å². The van der Waals surface area contributed by atoms with E-state index in [4.69, 9.17) is 9.26 Å². The van der Waals surface area contributed by atoms with Gasteiger partial charge in [0.2, 0.25) is 0 Å². The summed E-state index contributed by atoms with van der Waals surface area (Å²) in [5.41, 5.74) is -4.18. The molecular weight excluding hydrogens is 643 g/mol. The topological polar surface area (TPSA) is 74.3 Å². The van der Waals surface area contributed by atoms with Crippen LogP contribution in [0.1, 0.15) is 41.3 Å². The number of aromatic nitrogens is 2. The van der Waals surface area contributed by atoms with Gasteiger partial charge in [-0.05, 0) is 48.4 Å². The molecule has 0 aliphatic heterocycles. The highest BCUT2D eigenvalue weighted by molar-refractivity contribution is 7.90. The molecule has 5 rings (SSSR count). The molecule has 6 nitrogen and oxygen atoms in total. The number of hydrogen-bond donors (Lipinski definition) is 0. The molecule has 0 saturated heterocycles. The van der Waals surface area contributed by atoms with Gasteiger partial charge in [0.25, 0.3) is 10.0 Å². The van der Waals surface area contributed by atoms with Crippen LogP contribution in [0.15, 0.2) is 70.2 Å². The molecule has 240 valence electrons. The summed E-state index contributed by atoms with van der Waals surface area (Å²) in [5, 5.41) is 3.26. The molecule has 0 atom stereocenters. The van der Waals surface area contributed by atoms with E-state index in [0.29, 0.717) is 26.9 Å². The van der Waals surface area contributed by atoms with Crippen LogP contribution < -0.4 is 4.74 Å². The van der Waals surface area contributed by atoms with Crippen molar-refractivity contribution in [2.45, 2.75) is 49.6 Å². The molecule has 0 N–H and O–H groups in total. The first kappa shape index (κ1) is 32.2. The Bertz CT molecular complexity index is 1960. The van der Waals surface area contributed by atoms with E-state index >= 15 is 0 Å². The molecule has 45 heavy (non-hydrogen) atoms. The molecule has 0 radical (unpaired) electrons. The van der Waals surface area contributed by atoms with Crippen LogP contribution in [0.5, 0.6) is 5.75 Å². The van der Waals surface area contributed by atoms with Gasteiger partial charge in [0.05, 0.1) is 33.5 Å². The Labute approximate surface area is 249 Å². The molecule has 0 bridgehead atoms. The fraction of sp³-hybridized carbons (Fsp3) is 0.276. The van der Waals surface area contributed by atoms with Gasteiger partial charge >= 0.3 is 18.5 Å². The highest BCUT2D eigenvalue weighted by atomic mass is 32.2. The Morgan fingerprint density at radius 2 is 1.47 bits per heavy atom. The number of benzene rings is 3. The molecule has 0 amide bonds. The lowest BCUT2D eigenvalue weighted by atomic mass is 10.0. The summed E-state index contributed by atoms with van der Waals surface area (Å²) in [7, 11) is -4.97. The zero-order valence-corrected chi connectivity index (χ0v) is 23.8. The second-order valence-electron chi connectivity index (χ2n) is 10.0. The second kappa shape index (κ2) is 11.3. The highest BCUT2D eigenvalue weighted by Crippen LogP contribution is 2.40. The van der Waals surface area contributed by atoms with Crippen molar-refractivity contribution in [1.82, 2.24) is 9.13 Å². The van der Waals surface area contributed by atoms with Gasteiger partial charge in [-0.25, -0.2) is 12.4 Å². The van der Waals surface area contributed by atoms with E-state index in [1.165, 1.54) is 24.3 Å². The zero-order chi connectivity index (χ0) is 32.9. The Balaban J connectivity index is 1.50. The van der Waals surface area contributed by atoms with Gasteiger partial charge in [0.15, 0.2) is 11.3 Å². The van der Waals surface area contributed by atoms with Crippen molar-refractivity contribution in [2.24, 2.45) is 0 Å². The smallest absolute Gasteiger partial charge is 0.437 e. The fourth-order valence-electron chi connectivity index (χ4n) is 4.94. The maximum atomic E-state index is 13.5. The minimum Gasteiger partial charge on any atom is -0.493 e. The standard InChI is InChI=1S/C29H21F9N2O4S/c1-2-5-21-24(9-8-22-25(21)44-39-26(22)29(36,37)38)43-11-10-16-15-40(23-7-4-3-6-20(16)23)45(41,42)19-13-17(27(30,31)32)12-18(14-19)28(33,34)35/h3-4,6-9,12-15H,2,5,10-11H2,1H3. The number of fused-ring (bicyclic) bond motifs is 2. The maximum absolute atomic E-state index is 13.5. The number of para-hydroxylation sites is 1. The number of alkyl halides is 9. The molecule has 0 unspecified atom stereocenters. The molecule has 16 heteroatoms. The van der Waals surface area contributed by atoms with Gasteiger partial charge < -0.3 is 9.26 Å². The van der Waals surface area contributed by atoms with E-state index in [9.17, 15) is 47.9 Å². The van der Waals surface area contributed by atoms with Crippen molar-refractivity contribution in [3.05, 3.63) is 88.7 Å². The summed E-state index contributed by atoms with van der Waals surface area (Å²) >= 11 is 0. The van der Waals surface area contributed by atoms with Crippen molar-refractivity contribution < 1.29 is 57.2 Å². The molecule has 0 aliphatic rings. The Kier molecular flexibility index (Phi) is 8.08. The van der Waals surface area contributed by atoms with Crippen molar-refractivity contribution >= 4 is 31.9 Å². The molecule has 2 heterocycles. The van der Waals surface area contributed by atoms with E-state index in [0.717, 1.165) is 12.3 Å². The molecule has 0 saturated carbocycles. The van der Waals surface area contributed by atoms with Gasteiger partial charge in [-0.15, -0.1) is 0 Å². The lowest BCUT2D eigenvalue weighted by Crippen LogP contribution is -2.17. The molecule has 3 aromatic carbocycles. The highest BCUT2D eigenvalue weighted by Gasteiger charge is 2.39. The Morgan fingerprint density at radius 3 is 2.07 bits per heavy atom. The van der Waals surface area contributed by atoms with E-state index in [1.54, 1.807) is 13.0 Å². The summed E-state index contributed by atoms with van der Waals surface area (Å²) in [4.78, 5) is -1.21. The summed E-state index contributed by atoms with van der Waals surface area (Å²) < 4.78 is 159. The summed E-state index contributed by atoms with van der Waals surface area (Å²) in [5.74, 6) is 0.203. The van der Waals surface area contributed by atoms with Gasteiger partial charge in [0.1, 0.15) is 5.75 Å². The minimum atomic E-state index is -5.26. The first-order valence-corrected chi connectivity index (χ1v) is 14.6. The largest absolute Gasteiger partial charge is 0.493 e. The van der Waals surface area contributed by atoms with Crippen molar-refractivity contribution in [1.29, 1.82) is 0 Å². The van der Waals surface area contributed by atoms with Crippen molar-refractivity contribution in [2.75, 3.05) is 6.61 Å². The van der Waals surface area contributed by atoms with Crippen LogP contribution in [0.3, 0.4) is 0 Å². The van der Waals surface area contributed by atoms with Crippen LogP contribution in [0.4, 0.5) is 39.5 Å². The van der Waals surface area contributed by atoms with Crippen LogP contribution in [0, 0.1) is 0 Å². The van der Waals surface area contributed by atoms with E-state index in [1.807, 2.05) is 0 Å². The van der Waals surface area contributed by atoms with Crippen LogP contribution in [0.25, 0.3) is 21.9 Å². The monoisotopic (exact) mass is 664 g/mol. The average molecular weight is 665 g/mol. The number of nitrogens with zero attached hydrogens (tertiary/aromatic N) is 2. The third kappa shape index (κ3) is 6.19. The number of ether oxygens (including phenoxy) is 1.